The minimum Gasteiger partial charge on any atom is -0.0670 e. The maximum atomic E-state index is 2.70. The number of hydrogen-bond donors (Lipinski definition) is 0. The van der Waals surface area contributed by atoms with Crippen molar-refractivity contribution in [3.05, 3.63) is 0 Å². The lowest BCUT2D eigenvalue weighted by Gasteiger charge is -2.57. The van der Waals surface area contributed by atoms with E-state index < -0.39 is 0 Å². The Kier molecular flexibility index (Phi) is 24.5. The molecule has 4 heteroatoms. The van der Waals surface area contributed by atoms with E-state index in [-0.39, 0.29) is 31.9 Å². The monoisotopic (exact) mass is 807 g/mol. The van der Waals surface area contributed by atoms with Gasteiger partial charge in [0, 0.05) is 0 Å². The van der Waals surface area contributed by atoms with Crippen LogP contribution >= 0.6 is 0 Å². The Hall–Kier alpha value is 0.260. The van der Waals surface area contributed by atoms with Crippen LogP contribution in [0.4, 0.5) is 0 Å². The van der Waals surface area contributed by atoms with E-state index in [9.17, 15) is 0 Å². The van der Waals surface area contributed by atoms with Crippen molar-refractivity contribution in [2.75, 3.05) is 0 Å². The molecule has 0 N–H and O–H groups in total. The highest BCUT2D eigenvalue weighted by molar-refractivity contribution is 6.57. The standard InChI is InChI=1S/C54H114B4/c1-23-27-31-35-39-43-54(22,44-40-36-32-28-24-2)52(19,20)58-50(15,16)48(11,12)56-46(7,8)45(5,6)55-47(9,10)49(13,14)57-51(17,18)53(21,41-37-33-29-25-3)42-38-34-30-26-4/h55-58H,23-44H2,1-22H3. The highest BCUT2D eigenvalue weighted by Crippen LogP contribution is 2.67. The molecule has 0 heterocycles. The molecule has 0 aliphatic rings. The molecule has 0 bridgehead atoms. The number of rotatable bonds is 35. The van der Waals surface area contributed by atoms with E-state index in [4.69, 9.17) is 0 Å². The van der Waals surface area contributed by atoms with Gasteiger partial charge in [-0.15, -0.1) is 0 Å². The summed E-state index contributed by atoms with van der Waals surface area (Å²) in [4.78, 5) is 0. The molecule has 0 saturated carbocycles. The van der Waals surface area contributed by atoms with E-state index in [1.54, 1.807) is 0 Å². The third-order valence-electron chi connectivity index (χ3n) is 19.1. The molecule has 0 aliphatic carbocycles. The first-order valence-electron chi connectivity index (χ1n) is 26.3. The summed E-state index contributed by atoms with van der Waals surface area (Å²) in [5.74, 6) is 0. The molecule has 0 aromatic rings. The van der Waals surface area contributed by atoms with E-state index in [2.05, 4.69) is 152 Å². The summed E-state index contributed by atoms with van der Waals surface area (Å²) < 4.78 is 0. The predicted molar refractivity (Wildman–Crippen MR) is 281 cm³/mol. The maximum Gasteiger partial charge on any atom is 0.134 e. The lowest BCUT2D eigenvalue weighted by Crippen LogP contribution is -2.47. The van der Waals surface area contributed by atoms with Gasteiger partial charge in [-0.05, 0) is 36.5 Å². The van der Waals surface area contributed by atoms with Gasteiger partial charge < -0.3 is 0 Å². The summed E-state index contributed by atoms with van der Waals surface area (Å²) in [6.07, 6.45) is 30.5. The first-order valence-corrected chi connectivity index (χ1v) is 26.3. The minimum atomic E-state index is 0.204. The Balaban J connectivity index is 6.32. The zero-order valence-corrected chi connectivity index (χ0v) is 45.4. The van der Waals surface area contributed by atoms with E-state index in [1.807, 2.05) is 0 Å². The van der Waals surface area contributed by atoms with Crippen LogP contribution in [-0.2, 0) is 0 Å². The Morgan fingerprint density at radius 3 is 0.552 bits per heavy atom. The average molecular weight is 807 g/mol. The summed E-state index contributed by atoms with van der Waals surface area (Å²) in [6, 6.07) is 0. The fraction of sp³-hybridized carbons (Fsp3) is 1.00. The molecule has 0 unspecified atom stereocenters. The molecular formula is C54H114B4. The zero-order valence-electron chi connectivity index (χ0n) is 45.4. The van der Waals surface area contributed by atoms with Crippen LogP contribution < -0.4 is 0 Å². The highest BCUT2D eigenvalue weighted by Gasteiger charge is 2.55. The van der Waals surface area contributed by atoms with Gasteiger partial charge in [0.1, 0.15) is 29.1 Å². The van der Waals surface area contributed by atoms with Crippen molar-refractivity contribution in [1.29, 1.82) is 0 Å². The molecule has 0 atom stereocenters. The maximum absolute atomic E-state index is 2.70. The van der Waals surface area contributed by atoms with Gasteiger partial charge in [-0.3, -0.25) is 0 Å². The van der Waals surface area contributed by atoms with Gasteiger partial charge in [0.05, 0.1) is 0 Å². The third kappa shape index (κ3) is 17.4. The molecule has 0 fully saturated rings. The molecule has 0 aromatic heterocycles. The van der Waals surface area contributed by atoms with Crippen molar-refractivity contribution in [2.24, 2.45) is 10.8 Å². The Labute approximate surface area is 374 Å². The normalized spacial score (nSPS) is 14.5. The minimum absolute atomic E-state index is 0.204. The second-order valence-electron chi connectivity index (χ2n) is 26.8. The van der Waals surface area contributed by atoms with Crippen LogP contribution in [0, 0.1) is 10.8 Å². The van der Waals surface area contributed by atoms with Crippen LogP contribution in [0.15, 0.2) is 0 Å². The van der Waals surface area contributed by atoms with Crippen molar-refractivity contribution in [1.82, 2.24) is 0 Å². The zero-order chi connectivity index (χ0) is 45.4. The summed E-state index contributed by atoms with van der Waals surface area (Å²) in [5, 5.41) is 1.89. The van der Waals surface area contributed by atoms with Gasteiger partial charge in [0.25, 0.3) is 0 Å². The van der Waals surface area contributed by atoms with Crippen molar-refractivity contribution in [3.8, 4) is 0 Å². The average Bonchev–Trinajstić information content (AvgIpc) is 3.06. The van der Waals surface area contributed by atoms with Gasteiger partial charge in [-0.1, -0.05) is 310 Å². The van der Waals surface area contributed by atoms with E-state index in [0.717, 1.165) is 0 Å². The fourth-order valence-corrected chi connectivity index (χ4v) is 12.0. The summed E-state index contributed by atoms with van der Waals surface area (Å²) in [7, 11) is 5.12. The summed E-state index contributed by atoms with van der Waals surface area (Å²) in [5.41, 5.74) is 0.776. The topological polar surface area (TPSA) is 0 Å². The molecule has 0 amide bonds. The fourth-order valence-electron chi connectivity index (χ4n) is 12.0. The van der Waals surface area contributed by atoms with Crippen LogP contribution in [0.2, 0.25) is 42.5 Å². The SMILES string of the molecule is CCCCCCCC(C)(CCCCCCC)C(C)(C)BC(C)(C)C(C)(C)BC(C)(C)C(C)(C)BC(C)(C)C(C)(C)BC(C)(C)C(C)(CCCCCC)CCCCCC. The number of hydrogen-bond acceptors (Lipinski definition) is 0. The third-order valence-corrected chi connectivity index (χ3v) is 19.1. The number of unbranched alkanes of at least 4 members (excludes halogenated alkanes) is 14. The molecule has 0 rings (SSSR count). The van der Waals surface area contributed by atoms with Gasteiger partial charge in [-0.25, -0.2) is 0 Å². The quantitative estimate of drug-likeness (QED) is 0.0442. The lowest BCUT2D eigenvalue weighted by atomic mass is 9.16. The van der Waals surface area contributed by atoms with Crippen molar-refractivity contribution < 1.29 is 0 Å². The van der Waals surface area contributed by atoms with Crippen LogP contribution in [0.1, 0.15) is 294 Å². The van der Waals surface area contributed by atoms with E-state index in [1.165, 1.54) is 170 Å². The summed E-state index contributed by atoms with van der Waals surface area (Å²) >= 11 is 0. The first kappa shape index (κ1) is 58.3. The molecule has 0 nitrogen and oxygen atoms in total. The largest absolute Gasteiger partial charge is 0.134 e. The molecule has 0 aromatic carbocycles. The van der Waals surface area contributed by atoms with Crippen LogP contribution in [-0.4, -0.2) is 29.1 Å². The van der Waals surface area contributed by atoms with Crippen molar-refractivity contribution >= 4 is 29.1 Å². The lowest BCUT2D eigenvalue weighted by molar-refractivity contribution is 0.175. The van der Waals surface area contributed by atoms with Crippen molar-refractivity contribution in [3.63, 3.8) is 0 Å². The smallest absolute Gasteiger partial charge is 0.0670 e. The molecular weight excluding hydrogens is 692 g/mol. The van der Waals surface area contributed by atoms with E-state index in [0.29, 0.717) is 21.5 Å². The van der Waals surface area contributed by atoms with Crippen LogP contribution in [0.3, 0.4) is 0 Å². The Bertz CT molecular complexity index is 1060. The predicted octanol–water partition coefficient (Wildman–Crippen LogP) is 19.0. The Morgan fingerprint density at radius 2 is 0.362 bits per heavy atom. The molecule has 0 spiro atoms. The molecule has 342 valence electrons. The Morgan fingerprint density at radius 1 is 0.207 bits per heavy atom. The van der Waals surface area contributed by atoms with Crippen molar-refractivity contribution in [2.45, 2.75) is 336 Å². The second kappa shape index (κ2) is 24.4. The highest BCUT2D eigenvalue weighted by atomic mass is 14.5. The van der Waals surface area contributed by atoms with Crippen LogP contribution in [0.5, 0.6) is 0 Å². The molecule has 58 heavy (non-hydrogen) atoms. The van der Waals surface area contributed by atoms with Crippen LogP contribution in [0.25, 0.3) is 0 Å². The van der Waals surface area contributed by atoms with Gasteiger partial charge in [0.2, 0.25) is 0 Å². The van der Waals surface area contributed by atoms with E-state index >= 15 is 0 Å². The van der Waals surface area contributed by atoms with Gasteiger partial charge in [0.15, 0.2) is 0 Å². The first-order chi connectivity index (χ1) is 26.3. The summed E-state index contributed by atoms with van der Waals surface area (Å²) in [6.45, 7) is 57.2. The molecule has 0 aliphatic heterocycles. The molecule has 0 saturated heterocycles. The molecule has 0 radical (unpaired) electrons. The second-order valence-corrected chi connectivity index (χ2v) is 26.8. The van der Waals surface area contributed by atoms with Gasteiger partial charge >= 0.3 is 0 Å². The van der Waals surface area contributed by atoms with Gasteiger partial charge in [-0.2, -0.15) is 0 Å².